The molecule has 214 valence electrons. The summed E-state index contributed by atoms with van der Waals surface area (Å²) in [6.07, 6.45) is 16.2. The highest BCUT2D eigenvalue weighted by Crippen LogP contribution is 2.70. The summed E-state index contributed by atoms with van der Waals surface area (Å²) in [4.78, 5) is 34.0. The molecule has 0 saturated heterocycles. The van der Waals surface area contributed by atoms with Gasteiger partial charge in [0.1, 0.15) is 5.67 Å². The van der Waals surface area contributed by atoms with E-state index in [4.69, 9.17) is 14.2 Å². The second-order valence-corrected chi connectivity index (χ2v) is 13.5. The molecule has 7 saturated carbocycles. The molecule has 7 aliphatic carbocycles. The summed E-state index contributed by atoms with van der Waals surface area (Å²) in [5.41, 5.74) is 0.632. The van der Waals surface area contributed by atoms with Crippen molar-refractivity contribution in [3.63, 3.8) is 0 Å². The first-order valence-corrected chi connectivity index (χ1v) is 15.1. The number of fused-ring (bicyclic) bond motifs is 3. The van der Waals surface area contributed by atoms with Crippen LogP contribution in [0.4, 0.5) is 10.1 Å². The topological polar surface area (TPSA) is 107 Å². The number of anilines is 1. The molecular weight excluding hydrogens is 523 g/mol. The van der Waals surface area contributed by atoms with Gasteiger partial charge in [0, 0.05) is 47.6 Å². The van der Waals surface area contributed by atoms with Gasteiger partial charge in [-0.2, -0.15) is 4.98 Å². The molecule has 4 bridgehead atoms. The highest BCUT2D eigenvalue weighted by Gasteiger charge is 2.73. The zero-order valence-corrected chi connectivity index (χ0v) is 23.4. The molecule has 7 fully saturated rings. The minimum absolute atomic E-state index is 0.00590. The molecule has 1 amide bonds. The van der Waals surface area contributed by atoms with Crippen molar-refractivity contribution in [3.8, 4) is 17.1 Å². The fourth-order valence-electron chi connectivity index (χ4n) is 7.97. The predicted octanol–water partition coefficient (Wildman–Crippen LogP) is 5.72. The van der Waals surface area contributed by atoms with Gasteiger partial charge >= 0.3 is 6.01 Å². The Kier molecular flexibility index (Phi) is 5.42. The van der Waals surface area contributed by atoms with E-state index in [1.807, 2.05) is 17.9 Å². The number of aromatic nitrogens is 5. The summed E-state index contributed by atoms with van der Waals surface area (Å²) < 4.78 is 25.8. The average Bonchev–Trinajstić information content (AvgIpc) is 3.70. The van der Waals surface area contributed by atoms with Crippen molar-refractivity contribution >= 4 is 11.6 Å². The van der Waals surface area contributed by atoms with Crippen LogP contribution < -0.4 is 9.64 Å². The molecule has 3 heterocycles. The van der Waals surface area contributed by atoms with Crippen LogP contribution in [0, 0.1) is 10.8 Å². The first-order valence-electron chi connectivity index (χ1n) is 15.1. The molecule has 10 rings (SSSR count). The Labute approximate surface area is 238 Å². The molecule has 10 heteroatoms. The molecule has 7 aliphatic rings. The van der Waals surface area contributed by atoms with E-state index in [9.17, 15) is 9.18 Å². The van der Waals surface area contributed by atoms with Crippen molar-refractivity contribution in [2.24, 2.45) is 10.8 Å². The minimum atomic E-state index is -1.14. The Morgan fingerprint density at radius 2 is 1.73 bits per heavy atom. The van der Waals surface area contributed by atoms with Gasteiger partial charge in [-0.05, 0) is 89.0 Å². The Bertz CT molecular complexity index is 1460. The first kappa shape index (κ1) is 25.3. The minimum Gasteiger partial charge on any atom is -0.464 e. The standard InChI is InChI=1S/C31H35FN6O3/c1-2-40-27-34-13-22(14-35-27)21-11-23(15-33-12-21)38(26(39)30-16-31(32,17-30)18-30)19-28-5-8-29(9-6-28,10-7-28)25-36-24(37-41-25)20-3-4-20/h11-15,20H,2-10,16-19H2,1H3. The fourth-order valence-corrected chi connectivity index (χ4v) is 7.97. The van der Waals surface area contributed by atoms with Gasteiger partial charge in [0.25, 0.3) is 0 Å². The number of ether oxygens (including phenoxy) is 1. The predicted molar refractivity (Wildman–Crippen MR) is 147 cm³/mol. The van der Waals surface area contributed by atoms with Crippen LogP contribution in [0.3, 0.4) is 0 Å². The Morgan fingerprint density at radius 3 is 2.37 bits per heavy atom. The van der Waals surface area contributed by atoms with E-state index < -0.39 is 11.1 Å². The molecule has 0 aliphatic heterocycles. The van der Waals surface area contributed by atoms with Gasteiger partial charge in [-0.15, -0.1) is 0 Å². The first-order chi connectivity index (χ1) is 19.8. The van der Waals surface area contributed by atoms with Crippen molar-refractivity contribution in [3.05, 3.63) is 42.6 Å². The highest BCUT2D eigenvalue weighted by molar-refractivity contribution is 6.00. The van der Waals surface area contributed by atoms with E-state index in [1.165, 1.54) is 0 Å². The van der Waals surface area contributed by atoms with Gasteiger partial charge in [0.15, 0.2) is 5.82 Å². The molecule has 9 nitrogen and oxygen atoms in total. The second-order valence-electron chi connectivity index (χ2n) is 13.5. The van der Waals surface area contributed by atoms with Crippen LogP contribution in [0.5, 0.6) is 6.01 Å². The number of alkyl halides is 1. The molecule has 0 aromatic carbocycles. The number of carbonyl (C=O) groups is 1. The Balaban J connectivity index is 1.06. The maximum Gasteiger partial charge on any atom is 0.316 e. The van der Waals surface area contributed by atoms with Gasteiger partial charge in [-0.3, -0.25) is 9.78 Å². The molecule has 0 radical (unpaired) electrons. The molecule has 41 heavy (non-hydrogen) atoms. The quantitative estimate of drug-likeness (QED) is 0.328. The summed E-state index contributed by atoms with van der Waals surface area (Å²) >= 11 is 0. The van der Waals surface area contributed by atoms with Crippen LogP contribution in [0.15, 0.2) is 35.4 Å². The van der Waals surface area contributed by atoms with Crippen molar-refractivity contribution in [2.45, 2.75) is 94.6 Å². The summed E-state index contributed by atoms with van der Waals surface area (Å²) in [5, 5.41) is 4.30. The van der Waals surface area contributed by atoms with Crippen molar-refractivity contribution in [1.29, 1.82) is 0 Å². The van der Waals surface area contributed by atoms with E-state index in [0.717, 1.165) is 79.9 Å². The molecule has 0 atom stereocenters. The van der Waals surface area contributed by atoms with Gasteiger partial charge in [0.05, 0.1) is 23.9 Å². The largest absolute Gasteiger partial charge is 0.464 e. The van der Waals surface area contributed by atoms with Crippen LogP contribution >= 0.6 is 0 Å². The van der Waals surface area contributed by atoms with Gasteiger partial charge in [0.2, 0.25) is 11.8 Å². The fraction of sp³-hybridized carbons (Fsp3) is 0.613. The summed E-state index contributed by atoms with van der Waals surface area (Å²) in [6.45, 7) is 3.00. The van der Waals surface area contributed by atoms with Crippen LogP contribution in [-0.2, 0) is 10.2 Å². The summed E-state index contributed by atoms with van der Waals surface area (Å²) in [7, 11) is 0. The third-order valence-electron chi connectivity index (χ3n) is 10.7. The SMILES string of the molecule is CCOc1ncc(-c2cncc(N(CC34CCC(c5nc(C6CC6)no5)(CC3)CC4)C(=O)C34CC(F)(C3)C4)c2)cn1. The number of hydrogen-bond acceptors (Lipinski definition) is 8. The van der Waals surface area contributed by atoms with E-state index in [2.05, 4.69) is 20.1 Å². The number of nitrogens with zero attached hydrogens (tertiary/aromatic N) is 6. The van der Waals surface area contributed by atoms with E-state index in [1.54, 1.807) is 24.8 Å². The lowest BCUT2D eigenvalue weighted by Gasteiger charge is -2.65. The van der Waals surface area contributed by atoms with Gasteiger partial charge in [-0.1, -0.05) is 5.16 Å². The van der Waals surface area contributed by atoms with E-state index >= 15 is 0 Å². The van der Waals surface area contributed by atoms with Crippen LogP contribution in [0.2, 0.25) is 0 Å². The number of amides is 1. The lowest BCUT2D eigenvalue weighted by atomic mass is 9.41. The maximum atomic E-state index is 14.6. The van der Waals surface area contributed by atoms with Gasteiger partial charge in [-0.25, -0.2) is 14.4 Å². The third kappa shape index (κ3) is 4.07. The smallest absolute Gasteiger partial charge is 0.316 e. The van der Waals surface area contributed by atoms with Crippen LogP contribution in [-0.4, -0.2) is 49.8 Å². The molecule has 0 N–H and O–H groups in total. The number of carbonyl (C=O) groups excluding carboxylic acids is 1. The normalized spacial score (nSPS) is 33.1. The molecule has 3 aromatic heterocycles. The van der Waals surface area contributed by atoms with E-state index in [0.29, 0.717) is 44.3 Å². The second kappa shape index (κ2) is 8.79. The van der Waals surface area contributed by atoms with Crippen molar-refractivity contribution in [2.75, 3.05) is 18.1 Å². The van der Waals surface area contributed by atoms with Crippen molar-refractivity contribution < 1.29 is 18.4 Å². The molecule has 3 aromatic rings. The summed E-state index contributed by atoms with van der Waals surface area (Å²) in [6, 6.07) is 2.32. The Morgan fingerprint density at radius 1 is 1.02 bits per heavy atom. The number of rotatable bonds is 9. The van der Waals surface area contributed by atoms with E-state index in [-0.39, 0.29) is 16.7 Å². The average molecular weight is 559 g/mol. The zero-order chi connectivity index (χ0) is 27.9. The zero-order valence-electron chi connectivity index (χ0n) is 23.4. The molecular formula is C31H35FN6O3. The third-order valence-corrected chi connectivity index (χ3v) is 10.7. The highest BCUT2D eigenvalue weighted by atomic mass is 19.1. The lowest BCUT2D eigenvalue weighted by molar-refractivity contribution is -0.211. The van der Waals surface area contributed by atoms with Crippen molar-refractivity contribution in [1.82, 2.24) is 25.1 Å². The van der Waals surface area contributed by atoms with Gasteiger partial charge < -0.3 is 14.2 Å². The number of halogens is 1. The number of pyridine rings is 1. The van der Waals surface area contributed by atoms with Crippen LogP contribution in [0.1, 0.15) is 95.2 Å². The molecule has 0 unspecified atom stereocenters. The summed E-state index contributed by atoms with van der Waals surface area (Å²) in [5.74, 6) is 2.22. The van der Waals surface area contributed by atoms with Crippen LogP contribution in [0.25, 0.3) is 11.1 Å². The Hall–Kier alpha value is -3.43. The number of hydrogen-bond donors (Lipinski definition) is 0. The lowest BCUT2D eigenvalue weighted by Crippen LogP contribution is -2.71. The monoisotopic (exact) mass is 558 g/mol. The molecule has 0 spiro atoms. The maximum absolute atomic E-state index is 14.6.